The molecule has 0 aliphatic rings. The molecule has 4 rings (SSSR count). The quantitative estimate of drug-likeness (QED) is 0.276. The molecule has 0 saturated heterocycles. The Bertz CT molecular complexity index is 1450. The highest BCUT2D eigenvalue weighted by molar-refractivity contribution is 5.98. The molecular weight excluding hydrogens is 452 g/mol. The van der Waals surface area contributed by atoms with E-state index in [-0.39, 0.29) is 40.2 Å². The largest absolute Gasteiger partial charge is 0.497 e. The predicted octanol–water partition coefficient (Wildman–Crippen LogP) is 4.87. The van der Waals surface area contributed by atoms with Gasteiger partial charge in [-0.25, -0.2) is 9.59 Å². The Hall–Kier alpha value is -4.59. The van der Waals surface area contributed by atoms with Crippen LogP contribution in [0.1, 0.15) is 27.8 Å². The Labute approximate surface area is 200 Å². The third-order valence-electron chi connectivity index (χ3n) is 5.22. The lowest BCUT2D eigenvalue weighted by molar-refractivity contribution is 0.0491. The molecule has 4 aromatic rings. The summed E-state index contributed by atoms with van der Waals surface area (Å²) >= 11 is 0. The second-order valence-electron chi connectivity index (χ2n) is 7.36. The van der Waals surface area contributed by atoms with Crippen LogP contribution in [0, 0.1) is 0 Å². The number of methoxy groups -OCH3 is 2. The van der Waals surface area contributed by atoms with Gasteiger partial charge >= 0.3 is 11.9 Å². The molecule has 0 unspecified atom stereocenters. The van der Waals surface area contributed by atoms with Gasteiger partial charge < -0.3 is 23.4 Å². The van der Waals surface area contributed by atoms with Crippen molar-refractivity contribution in [2.45, 2.75) is 6.92 Å². The zero-order valence-electron chi connectivity index (χ0n) is 19.3. The molecule has 8 nitrogen and oxygen atoms in total. The molecule has 0 N–H and O–H groups in total. The standard InChI is InChI=1S/C27H22O8/c1-4-33-27(30)25-23(16-8-10-18(31-2)11-9-16)24(28)21-13-12-20(15-22(21)35-25)34-26(29)17-6-5-7-19(14-17)32-3/h5-15H,4H2,1-3H3. The van der Waals surface area contributed by atoms with Crippen LogP contribution < -0.4 is 19.6 Å². The lowest BCUT2D eigenvalue weighted by atomic mass is 10.0. The SMILES string of the molecule is CCOC(=O)c1oc2cc(OC(=O)c3cccc(OC)c3)ccc2c(=O)c1-c1ccc(OC)cc1. The van der Waals surface area contributed by atoms with Crippen LogP contribution in [0.25, 0.3) is 22.1 Å². The first-order valence-electron chi connectivity index (χ1n) is 10.7. The van der Waals surface area contributed by atoms with Crippen molar-refractivity contribution in [1.82, 2.24) is 0 Å². The van der Waals surface area contributed by atoms with E-state index in [0.717, 1.165) is 0 Å². The average Bonchev–Trinajstić information content (AvgIpc) is 2.88. The number of hydrogen-bond acceptors (Lipinski definition) is 8. The van der Waals surface area contributed by atoms with E-state index in [9.17, 15) is 14.4 Å². The van der Waals surface area contributed by atoms with Crippen molar-refractivity contribution in [3.05, 3.63) is 88.3 Å². The molecule has 0 bridgehead atoms. The summed E-state index contributed by atoms with van der Waals surface area (Å²) in [6.45, 7) is 1.75. The molecule has 0 aliphatic heterocycles. The molecule has 0 spiro atoms. The van der Waals surface area contributed by atoms with E-state index in [1.165, 1.54) is 32.4 Å². The first kappa shape index (κ1) is 23.6. The molecule has 0 fully saturated rings. The minimum absolute atomic E-state index is 0.0692. The van der Waals surface area contributed by atoms with Crippen LogP contribution in [-0.4, -0.2) is 32.8 Å². The molecule has 35 heavy (non-hydrogen) atoms. The number of fused-ring (bicyclic) bond motifs is 1. The van der Waals surface area contributed by atoms with Gasteiger partial charge in [0.05, 0.1) is 37.3 Å². The summed E-state index contributed by atoms with van der Waals surface area (Å²) in [6.07, 6.45) is 0. The summed E-state index contributed by atoms with van der Waals surface area (Å²) in [5.41, 5.74) is 0.474. The average molecular weight is 474 g/mol. The van der Waals surface area contributed by atoms with E-state index in [0.29, 0.717) is 17.1 Å². The third kappa shape index (κ3) is 4.86. The fourth-order valence-corrected chi connectivity index (χ4v) is 3.51. The van der Waals surface area contributed by atoms with Gasteiger partial charge in [0.1, 0.15) is 22.8 Å². The summed E-state index contributed by atoms with van der Waals surface area (Å²) in [7, 11) is 3.03. The number of esters is 2. The maximum Gasteiger partial charge on any atom is 0.375 e. The predicted molar refractivity (Wildman–Crippen MR) is 128 cm³/mol. The van der Waals surface area contributed by atoms with Crippen LogP contribution in [0.15, 0.2) is 75.9 Å². The van der Waals surface area contributed by atoms with Gasteiger partial charge in [-0.05, 0) is 55.0 Å². The van der Waals surface area contributed by atoms with Gasteiger partial charge in [-0.15, -0.1) is 0 Å². The van der Waals surface area contributed by atoms with Gasteiger partial charge in [0, 0.05) is 6.07 Å². The van der Waals surface area contributed by atoms with E-state index in [4.69, 9.17) is 23.4 Å². The fraction of sp³-hybridized carbons (Fsp3) is 0.148. The van der Waals surface area contributed by atoms with Crippen molar-refractivity contribution in [3.63, 3.8) is 0 Å². The zero-order chi connectivity index (χ0) is 24.9. The van der Waals surface area contributed by atoms with Crippen molar-refractivity contribution in [2.24, 2.45) is 0 Å². The lowest BCUT2D eigenvalue weighted by Gasteiger charge is -2.11. The number of carbonyl (C=O) groups is 2. The Morgan fingerprint density at radius 1 is 0.829 bits per heavy atom. The second kappa shape index (κ2) is 10.1. The highest BCUT2D eigenvalue weighted by Gasteiger charge is 2.23. The Balaban J connectivity index is 1.78. The molecule has 0 saturated carbocycles. The zero-order valence-corrected chi connectivity index (χ0v) is 19.3. The Morgan fingerprint density at radius 2 is 1.54 bits per heavy atom. The van der Waals surface area contributed by atoms with Gasteiger partial charge in [0.15, 0.2) is 0 Å². The Kier molecular flexibility index (Phi) is 6.82. The summed E-state index contributed by atoms with van der Waals surface area (Å²) in [5, 5.41) is 0.213. The van der Waals surface area contributed by atoms with E-state index in [2.05, 4.69) is 0 Å². The van der Waals surface area contributed by atoms with Gasteiger partial charge in [0.25, 0.3) is 0 Å². The molecule has 1 aromatic heterocycles. The molecular formula is C27H22O8. The second-order valence-corrected chi connectivity index (χ2v) is 7.36. The van der Waals surface area contributed by atoms with Crippen molar-refractivity contribution in [1.29, 1.82) is 0 Å². The van der Waals surface area contributed by atoms with E-state index >= 15 is 0 Å². The van der Waals surface area contributed by atoms with Crippen molar-refractivity contribution >= 4 is 22.9 Å². The Morgan fingerprint density at radius 3 is 2.23 bits per heavy atom. The summed E-state index contributed by atoms with van der Waals surface area (Å²) in [6, 6.07) is 17.5. The lowest BCUT2D eigenvalue weighted by Crippen LogP contribution is -2.15. The minimum atomic E-state index is -0.781. The van der Waals surface area contributed by atoms with Crippen LogP contribution in [-0.2, 0) is 4.74 Å². The maximum atomic E-state index is 13.4. The summed E-state index contributed by atoms with van der Waals surface area (Å²) < 4.78 is 26.7. The first-order chi connectivity index (χ1) is 16.9. The van der Waals surface area contributed by atoms with Gasteiger partial charge in [-0.3, -0.25) is 4.79 Å². The minimum Gasteiger partial charge on any atom is -0.497 e. The molecule has 1 heterocycles. The van der Waals surface area contributed by atoms with Crippen molar-refractivity contribution in [3.8, 4) is 28.4 Å². The molecule has 0 amide bonds. The van der Waals surface area contributed by atoms with Crippen molar-refractivity contribution in [2.75, 3.05) is 20.8 Å². The van der Waals surface area contributed by atoms with Gasteiger partial charge in [0.2, 0.25) is 11.2 Å². The maximum absolute atomic E-state index is 13.4. The third-order valence-corrected chi connectivity index (χ3v) is 5.22. The monoisotopic (exact) mass is 474 g/mol. The van der Waals surface area contributed by atoms with Gasteiger partial charge in [-0.2, -0.15) is 0 Å². The first-order valence-corrected chi connectivity index (χ1v) is 10.7. The van der Waals surface area contributed by atoms with Crippen LogP contribution in [0.3, 0.4) is 0 Å². The highest BCUT2D eigenvalue weighted by atomic mass is 16.5. The molecule has 0 aliphatic carbocycles. The van der Waals surface area contributed by atoms with Crippen LogP contribution in [0.2, 0.25) is 0 Å². The van der Waals surface area contributed by atoms with E-state index in [1.807, 2.05) is 0 Å². The summed E-state index contributed by atoms with van der Waals surface area (Å²) in [5.74, 6) is -0.401. The number of carbonyl (C=O) groups excluding carboxylic acids is 2. The number of benzene rings is 3. The number of rotatable bonds is 7. The highest BCUT2D eigenvalue weighted by Crippen LogP contribution is 2.29. The molecule has 0 radical (unpaired) electrons. The molecule has 178 valence electrons. The molecule has 3 aromatic carbocycles. The smallest absolute Gasteiger partial charge is 0.375 e. The normalized spacial score (nSPS) is 10.6. The van der Waals surface area contributed by atoms with Crippen LogP contribution in [0.5, 0.6) is 17.2 Å². The van der Waals surface area contributed by atoms with Crippen LogP contribution in [0.4, 0.5) is 0 Å². The summed E-state index contributed by atoms with van der Waals surface area (Å²) in [4.78, 5) is 38.7. The van der Waals surface area contributed by atoms with E-state index < -0.39 is 17.4 Å². The van der Waals surface area contributed by atoms with Crippen molar-refractivity contribution < 1.29 is 33.0 Å². The van der Waals surface area contributed by atoms with Crippen LogP contribution >= 0.6 is 0 Å². The number of hydrogen-bond donors (Lipinski definition) is 0. The number of ether oxygens (including phenoxy) is 4. The van der Waals surface area contributed by atoms with E-state index in [1.54, 1.807) is 55.5 Å². The molecule has 8 heteroatoms. The molecule has 0 atom stereocenters. The fourth-order valence-electron chi connectivity index (χ4n) is 3.51. The topological polar surface area (TPSA) is 101 Å². The van der Waals surface area contributed by atoms with Gasteiger partial charge in [-0.1, -0.05) is 18.2 Å².